The van der Waals surface area contributed by atoms with Crippen LogP contribution < -0.4 is 0 Å². The van der Waals surface area contributed by atoms with Crippen molar-refractivity contribution in [3.63, 3.8) is 0 Å². The molecule has 0 N–H and O–H groups in total. The molecule has 0 amide bonds. The fourth-order valence-corrected chi connectivity index (χ4v) is 2.32. The summed E-state index contributed by atoms with van der Waals surface area (Å²) in [6.07, 6.45) is 0.831. The van der Waals surface area contributed by atoms with Gasteiger partial charge in [0.1, 0.15) is 11.5 Å². The van der Waals surface area contributed by atoms with Crippen molar-refractivity contribution in [1.29, 1.82) is 0 Å². The van der Waals surface area contributed by atoms with E-state index in [1.807, 2.05) is 19.1 Å². The van der Waals surface area contributed by atoms with Crippen LogP contribution in [0.25, 0.3) is 0 Å². The van der Waals surface area contributed by atoms with E-state index in [4.69, 9.17) is 16.0 Å². The number of hydrogen-bond acceptors (Lipinski definition) is 2. The first kappa shape index (κ1) is 9.81. The van der Waals surface area contributed by atoms with Gasteiger partial charge in [-0.2, -0.15) is 11.3 Å². The summed E-state index contributed by atoms with van der Waals surface area (Å²) in [7, 11) is 0. The van der Waals surface area contributed by atoms with E-state index in [1.165, 1.54) is 5.56 Å². The van der Waals surface area contributed by atoms with Crippen LogP contribution in [0, 0.1) is 6.92 Å². The van der Waals surface area contributed by atoms with Crippen molar-refractivity contribution in [2.75, 3.05) is 0 Å². The van der Waals surface area contributed by atoms with E-state index in [0.29, 0.717) is 0 Å². The summed E-state index contributed by atoms with van der Waals surface area (Å²) in [5.41, 5.74) is 1.27. The highest BCUT2D eigenvalue weighted by atomic mass is 35.5. The fraction of sp³-hybridized carbons (Fsp3) is 0.273. The molecule has 1 nitrogen and oxygen atoms in total. The molecule has 1 atom stereocenters. The summed E-state index contributed by atoms with van der Waals surface area (Å²) >= 11 is 7.91. The normalized spacial score (nSPS) is 13.0. The van der Waals surface area contributed by atoms with Crippen LogP contribution >= 0.6 is 22.9 Å². The minimum atomic E-state index is -0.0571. The lowest BCUT2D eigenvalue weighted by atomic mass is 10.1. The number of hydrogen-bond donors (Lipinski definition) is 0. The predicted molar refractivity (Wildman–Crippen MR) is 60.1 cm³/mol. The highest BCUT2D eigenvalue weighted by Crippen LogP contribution is 2.27. The highest BCUT2D eigenvalue weighted by Gasteiger charge is 2.12. The largest absolute Gasteiger partial charge is 0.465 e. The molecular weight excluding hydrogens is 216 g/mol. The maximum absolute atomic E-state index is 6.22. The van der Waals surface area contributed by atoms with Gasteiger partial charge in [0.2, 0.25) is 0 Å². The van der Waals surface area contributed by atoms with E-state index in [0.717, 1.165) is 17.9 Å². The lowest BCUT2D eigenvalue weighted by Crippen LogP contribution is -1.92. The molecule has 0 bridgehead atoms. The van der Waals surface area contributed by atoms with Crippen molar-refractivity contribution >= 4 is 22.9 Å². The molecule has 0 saturated carbocycles. The van der Waals surface area contributed by atoms with Gasteiger partial charge in [0, 0.05) is 0 Å². The Bertz CT molecular complexity index is 391. The van der Waals surface area contributed by atoms with Crippen LogP contribution in [0.4, 0.5) is 0 Å². The maximum Gasteiger partial charge on any atom is 0.122 e. The monoisotopic (exact) mass is 226 g/mol. The number of furan rings is 1. The Labute approximate surface area is 92.3 Å². The molecule has 2 heterocycles. The summed E-state index contributed by atoms with van der Waals surface area (Å²) in [4.78, 5) is 0. The van der Waals surface area contributed by atoms with E-state index in [2.05, 4.69) is 16.8 Å². The Balaban J connectivity index is 2.06. The lowest BCUT2D eigenvalue weighted by Gasteiger charge is -2.03. The molecule has 0 spiro atoms. The van der Waals surface area contributed by atoms with E-state index in [-0.39, 0.29) is 5.38 Å². The van der Waals surface area contributed by atoms with E-state index >= 15 is 0 Å². The Morgan fingerprint density at radius 3 is 2.86 bits per heavy atom. The molecule has 2 aromatic rings. The van der Waals surface area contributed by atoms with Crippen LogP contribution in [0.1, 0.15) is 22.5 Å². The number of alkyl halides is 1. The van der Waals surface area contributed by atoms with Gasteiger partial charge in [0.05, 0.1) is 5.38 Å². The maximum atomic E-state index is 6.22. The molecular formula is C11H11ClOS. The minimum absolute atomic E-state index is 0.0571. The van der Waals surface area contributed by atoms with Gasteiger partial charge in [-0.1, -0.05) is 0 Å². The molecule has 2 rings (SSSR count). The summed E-state index contributed by atoms with van der Waals surface area (Å²) in [5.74, 6) is 1.77. The zero-order valence-electron chi connectivity index (χ0n) is 7.87. The van der Waals surface area contributed by atoms with Crippen LogP contribution in [-0.2, 0) is 6.42 Å². The molecule has 3 heteroatoms. The van der Waals surface area contributed by atoms with Crippen molar-refractivity contribution < 1.29 is 4.42 Å². The number of rotatable bonds is 3. The zero-order chi connectivity index (χ0) is 9.97. The SMILES string of the molecule is Cc1ccc(C(Cl)Cc2ccsc2)o1. The minimum Gasteiger partial charge on any atom is -0.465 e. The Hall–Kier alpha value is -0.730. The summed E-state index contributed by atoms with van der Waals surface area (Å²) < 4.78 is 5.47. The number of thiophene rings is 1. The van der Waals surface area contributed by atoms with E-state index in [9.17, 15) is 0 Å². The number of aryl methyl sites for hydroxylation is 1. The third-order valence-electron chi connectivity index (χ3n) is 2.06. The van der Waals surface area contributed by atoms with Gasteiger partial charge in [-0.15, -0.1) is 11.6 Å². The van der Waals surface area contributed by atoms with Crippen LogP contribution in [0.3, 0.4) is 0 Å². The van der Waals surface area contributed by atoms with Crippen molar-refractivity contribution in [2.24, 2.45) is 0 Å². The molecule has 0 radical (unpaired) electrons. The van der Waals surface area contributed by atoms with Crippen molar-refractivity contribution in [2.45, 2.75) is 18.7 Å². The molecule has 0 aliphatic rings. The Morgan fingerprint density at radius 1 is 1.43 bits per heavy atom. The smallest absolute Gasteiger partial charge is 0.122 e. The third kappa shape index (κ3) is 2.20. The fourth-order valence-electron chi connectivity index (χ4n) is 1.34. The highest BCUT2D eigenvalue weighted by molar-refractivity contribution is 7.07. The first-order valence-electron chi connectivity index (χ1n) is 4.47. The summed E-state index contributed by atoms with van der Waals surface area (Å²) in [5, 5.41) is 4.12. The molecule has 0 aliphatic heterocycles. The molecule has 0 aliphatic carbocycles. The third-order valence-corrected chi connectivity index (χ3v) is 3.17. The van der Waals surface area contributed by atoms with Crippen LogP contribution in [0.15, 0.2) is 33.4 Å². The lowest BCUT2D eigenvalue weighted by molar-refractivity contribution is 0.477. The topological polar surface area (TPSA) is 13.1 Å². The Kier molecular flexibility index (Phi) is 2.94. The van der Waals surface area contributed by atoms with Gasteiger partial charge in [-0.3, -0.25) is 0 Å². The van der Waals surface area contributed by atoms with Gasteiger partial charge in [0.15, 0.2) is 0 Å². The van der Waals surface area contributed by atoms with Crippen LogP contribution in [-0.4, -0.2) is 0 Å². The molecule has 0 saturated heterocycles. The quantitative estimate of drug-likeness (QED) is 0.716. The van der Waals surface area contributed by atoms with Gasteiger partial charge in [0.25, 0.3) is 0 Å². The van der Waals surface area contributed by atoms with E-state index in [1.54, 1.807) is 11.3 Å². The molecule has 0 fully saturated rings. The number of halogens is 1. The molecule has 14 heavy (non-hydrogen) atoms. The molecule has 74 valence electrons. The zero-order valence-corrected chi connectivity index (χ0v) is 9.44. The molecule has 1 unspecified atom stereocenters. The second-order valence-corrected chi connectivity index (χ2v) is 4.56. The van der Waals surface area contributed by atoms with Crippen molar-refractivity contribution in [3.8, 4) is 0 Å². The molecule has 2 aromatic heterocycles. The van der Waals surface area contributed by atoms with E-state index < -0.39 is 0 Å². The van der Waals surface area contributed by atoms with Crippen LogP contribution in [0.2, 0.25) is 0 Å². The second kappa shape index (κ2) is 4.20. The van der Waals surface area contributed by atoms with Gasteiger partial charge >= 0.3 is 0 Å². The standard InChI is InChI=1S/C11H11ClOS/c1-8-2-3-11(13-8)10(12)6-9-4-5-14-7-9/h2-5,7,10H,6H2,1H3. The second-order valence-electron chi connectivity index (χ2n) is 3.25. The van der Waals surface area contributed by atoms with Crippen molar-refractivity contribution in [3.05, 3.63) is 46.0 Å². The summed E-state index contributed by atoms with van der Waals surface area (Å²) in [6, 6.07) is 5.98. The first-order chi connectivity index (χ1) is 6.75. The average molecular weight is 227 g/mol. The molecule has 0 aromatic carbocycles. The first-order valence-corrected chi connectivity index (χ1v) is 5.85. The van der Waals surface area contributed by atoms with Gasteiger partial charge in [-0.05, 0) is 47.9 Å². The predicted octanol–water partition coefficient (Wildman–Crippen LogP) is 4.17. The summed E-state index contributed by atoms with van der Waals surface area (Å²) in [6.45, 7) is 1.93. The van der Waals surface area contributed by atoms with Gasteiger partial charge in [-0.25, -0.2) is 0 Å². The Morgan fingerprint density at radius 2 is 2.29 bits per heavy atom. The van der Waals surface area contributed by atoms with Crippen molar-refractivity contribution in [1.82, 2.24) is 0 Å². The average Bonchev–Trinajstić information content (AvgIpc) is 2.75. The van der Waals surface area contributed by atoms with Crippen LogP contribution in [0.5, 0.6) is 0 Å². The van der Waals surface area contributed by atoms with Gasteiger partial charge < -0.3 is 4.42 Å².